The molecule has 10 heteroatoms. The van der Waals surface area contributed by atoms with Crippen LogP contribution in [0.15, 0.2) is 65.6 Å². The number of hydrogen-bond acceptors (Lipinski definition) is 7. The van der Waals surface area contributed by atoms with Gasteiger partial charge in [-0.1, -0.05) is 29.8 Å². The lowest BCUT2D eigenvalue weighted by Gasteiger charge is -2.09. The van der Waals surface area contributed by atoms with E-state index in [-0.39, 0.29) is 18.0 Å². The zero-order valence-electron chi connectivity index (χ0n) is 17.0. The highest BCUT2D eigenvalue weighted by Gasteiger charge is 2.15. The molecule has 0 fully saturated rings. The molecule has 0 radical (unpaired) electrons. The number of aryl methyl sites for hydroxylation is 1. The summed E-state index contributed by atoms with van der Waals surface area (Å²) in [6, 6.07) is 17.5. The molecule has 0 unspecified atom stereocenters. The van der Waals surface area contributed by atoms with Crippen LogP contribution in [0.25, 0.3) is 17.0 Å². The Hall–Kier alpha value is -3.50. The van der Waals surface area contributed by atoms with E-state index in [1.54, 1.807) is 48.0 Å². The van der Waals surface area contributed by atoms with Crippen LogP contribution in [-0.2, 0) is 10.0 Å². The first-order valence-electron chi connectivity index (χ1n) is 9.53. The van der Waals surface area contributed by atoms with Crippen LogP contribution in [0.2, 0.25) is 0 Å². The van der Waals surface area contributed by atoms with Gasteiger partial charge in [-0.3, -0.25) is 0 Å². The summed E-state index contributed by atoms with van der Waals surface area (Å²) >= 11 is 0. The number of rotatable bonds is 8. The lowest BCUT2D eigenvalue weighted by Crippen LogP contribution is -2.28. The van der Waals surface area contributed by atoms with Crippen molar-refractivity contribution in [1.29, 1.82) is 0 Å². The summed E-state index contributed by atoms with van der Waals surface area (Å²) in [5, 5.41) is 12.8. The van der Waals surface area contributed by atoms with Crippen molar-refractivity contribution >= 4 is 15.7 Å². The molecule has 9 nitrogen and oxygen atoms in total. The molecule has 2 aromatic carbocycles. The van der Waals surface area contributed by atoms with Crippen molar-refractivity contribution in [3.8, 4) is 23.0 Å². The molecule has 0 aliphatic rings. The van der Waals surface area contributed by atoms with Gasteiger partial charge in [0.1, 0.15) is 12.4 Å². The topological polar surface area (TPSA) is 108 Å². The molecule has 4 aromatic rings. The van der Waals surface area contributed by atoms with E-state index < -0.39 is 10.0 Å². The van der Waals surface area contributed by atoms with E-state index in [4.69, 9.17) is 9.47 Å². The van der Waals surface area contributed by atoms with Crippen molar-refractivity contribution in [2.45, 2.75) is 11.8 Å². The minimum atomic E-state index is -3.60. The SMILES string of the molecule is COc1ccccc1-c1nnc2ccc(OCCNS(=O)(=O)c3ccc(C)cc3)nn12. The molecule has 2 aromatic heterocycles. The van der Waals surface area contributed by atoms with Gasteiger partial charge in [-0.15, -0.1) is 15.3 Å². The van der Waals surface area contributed by atoms with Gasteiger partial charge in [0.15, 0.2) is 11.5 Å². The third kappa shape index (κ3) is 4.49. The fraction of sp³-hybridized carbons (Fsp3) is 0.190. The van der Waals surface area contributed by atoms with Crippen LogP contribution in [0, 0.1) is 6.92 Å². The summed E-state index contributed by atoms with van der Waals surface area (Å²) in [4.78, 5) is 0.212. The largest absolute Gasteiger partial charge is 0.496 e. The maximum Gasteiger partial charge on any atom is 0.240 e. The average Bonchev–Trinajstić information content (AvgIpc) is 3.20. The van der Waals surface area contributed by atoms with Gasteiger partial charge in [-0.25, -0.2) is 13.1 Å². The van der Waals surface area contributed by atoms with Crippen LogP contribution < -0.4 is 14.2 Å². The van der Waals surface area contributed by atoms with Crippen LogP contribution in [0.3, 0.4) is 0 Å². The van der Waals surface area contributed by atoms with Gasteiger partial charge in [0.2, 0.25) is 15.9 Å². The number of nitrogens with zero attached hydrogens (tertiary/aromatic N) is 4. The minimum absolute atomic E-state index is 0.0947. The number of sulfonamides is 1. The summed E-state index contributed by atoms with van der Waals surface area (Å²) in [5.74, 6) is 1.48. The third-order valence-electron chi connectivity index (χ3n) is 4.56. The molecule has 0 amide bonds. The number of para-hydroxylation sites is 1. The Morgan fingerprint density at radius 1 is 1.00 bits per heavy atom. The van der Waals surface area contributed by atoms with Gasteiger partial charge in [-0.05, 0) is 37.3 Å². The monoisotopic (exact) mass is 439 g/mol. The molecule has 31 heavy (non-hydrogen) atoms. The van der Waals surface area contributed by atoms with Crippen molar-refractivity contribution in [3.63, 3.8) is 0 Å². The van der Waals surface area contributed by atoms with Gasteiger partial charge >= 0.3 is 0 Å². The first-order chi connectivity index (χ1) is 15.0. The summed E-state index contributed by atoms with van der Waals surface area (Å²) < 4.78 is 39.8. The van der Waals surface area contributed by atoms with Crippen LogP contribution in [0.4, 0.5) is 0 Å². The second-order valence-corrected chi connectivity index (χ2v) is 8.49. The van der Waals surface area contributed by atoms with Gasteiger partial charge in [0.05, 0.1) is 17.6 Å². The molecule has 0 aliphatic heterocycles. The predicted molar refractivity (Wildman–Crippen MR) is 115 cm³/mol. The Balaban J connectivity index is 1.45. The van der Waals surface area contributed by atoms with E-state index in [0.29, 0.717) is 23.1 Å². The van der Waals surface area contributed by atoms with Gasteiger partial charge in [0.25, 0.3) is 0 Å². The first-order valence-corrected chi connectivity index (χ1v) is 11.0. The van der Waals surface area contributed by atoms with E-state index in [9.17, 15) is 8.42 Å². The number of fused-ring (bicyclic) bond motifs is 1. The molecular weight excluding hydrogens is 418 g/mol. The second-order valence-electron chi connectivity index (χ2n) is 6.72. The molecule has 1 N–H and O–H groups in total. The average molecular weight is 439 g/mol. The van der Waals surface area contributed by atoms with Crippen LogP contribution >= 0.6 is 0 Å². The number of methoxy groups -OCH3 is 1. The Morgan fingerprint density at radius 3 is 2.55 bits per heavy atom. The molecule has 4 rings (SSSR count). The van der Waals surface area contributed by atoms with Crippen LogP contribution in [-0.4, -0.2) is 48.5 Å². The highest BCUT2D eigenvalue weighted by atomic mass is 32.2. The fourth-order valence-corrected chi connectivity index (χ4v) is 3.99. The van der Waals surface area contributed by atoms with Gasteiger partial charge in [0, 0.05) is 12.6 Å². The summed E-state index contributed by atoms with van der Waals surface area (Å²) in [6.07, 6.45) is 0. The summed E-state index contributed by atoms with van der Waals surface area (Å²) in [5.41, 5.74) is 2.28. The lowest BCUT2D eigenvalue weighted by molar-refractivity contribution is 0.306. The molecule has 0 saturated carbocycles. The molecule has 2 heterocycles. The van der Waals surface area contributed by atoms with Crippen LogP contribution in [0.1, 0.15) is 5.56 Å². The van der Waals surface area contributed by atoms with Crippen molar-refractivity contribution in [2.75, 3.05) is 20.3 Å². The number of ether oxygens (including phenoxy) is 2. The quantitative estimate of drug-likeness (QED) is 0.420. The van der Waals surface area contributed by atoms with Crippen LogP contribution in [0.5, 0.6) is 11.6 Å². The highest BCUT2D eigenvalue weighted by Crippen LogP contribution is 2.28. The Morgan fingerprint density at radius 2 is 1.77 bits per heavy atom. The van der Waals surface area contributed by atoms with E-state index in [1.807, 2.05) is 31.2 Å². The van der Waals surface area contributed by atoms with Crippen molar-refractivity contribution in [2.24, 2.45) is 0 Å². The molecule has 0 spiro atoms. The molecule has 0 atom stereocenters. The van der Waals surface area contributed by atoms with Crippen molar-refractivity contribution in [3.05, 3.63) is 66.2 Å². The second kappa shape index (κ2) is 8.70. The zero-order chi connectivity index (χ0) is 21.8. The van der Waals surface area contributed by atoms with E-state index >= 15 is 0 Å². The smallest absolute Gasteiger partial charge is 0.240 e. The van der Waals surface area contributed by atoms with E-state index in [0.717, 1.165) is 11.1 Å². The molecule has 0 aliphatic carbocycles. The Bertz CT molecular complexity index is 1300. The van der Waals surface area contributed by atoms with E-state index in [2.05, 4.69) is 20.0 Å². The predicted octanol–water partition coefficient (Wildman–Crippen LogP) is 2.47. The zero-order valence-corrected chi connectivity index (χ0v) is 17.8. The fourth-order valence-electron chi connectivity index (χ4n) is 2.98. The highest BCUT2D eigenvalue weighted by molar-refractivity contribution is 7.89. The van der Waals surface area contributed by atoms with Gasteiger partial charge < -0.3 is 9.47 Å². The number of nitrogens with one attached hydrogen (secondary N) is 1. The molecule has 0 saturated heterocycles. The summed E-state index contributed by atoms with van der Waals surface area (Å²) in [6.45, 7) is 2.10. The third-order valence-corrected chi connectivity index (χ3v) is 6.04. The number of benzene rings is 2. The Labute approximate surface area is 179 Å². The molecular formula is C21H21N5O4S. The minimum Gasteiger partial charge on any atom is -0.496 e. The maximum absolute atomic E-state index is 12.3. The molecule has 160 valence electrons. The maximum atomic E-state index is 12.3. The van der Waals surface area contributed by atoms with Crippen molar-refractivity contribution in [1.82, 2.24) is 24.5 Å². The standard InChI is InChI=1S/C21H21N5O4S/c1-15-7-9-16(10-8-15)31(27,28)22-13-14-30-20-12-11-19-23-24-21(26(19)25-20)17-5-3-4-6-18(17)29-2/h3-12,22H,13-14H2,1-2H3. The molecule has 0 bridgehead atoms. The lowest BCUT2D eigenvalue weighted by atomic mass is 10.2. The van der Waals surface area contributed by atoms with Crippen molar-refractivity contribution < 1.29 is 17.9 Å². The van der Waals surface area contributed by atoms with E-state index in [1.165, 1.54) is 0 Å². The summed E-state index contributed by atoms with van der Waals surface area (Å²) in [7, 11) is -2.01. The first kappa shape index (κ1) is 20.8. The van der Waals surface area contributed by atoms with Gasteiger partial charge in [-0.2, -0.15) is 4.52 Å². The Kier molecular flexibility index (Phi) is 5.83. The number of aromatic nitrogens is 4. The normalized spacial score (nSPS) is 11.5. The number of hydrogen-bond donors (Lipinski definition) is 1.